The predicted molar refractivity (Wildman–Crippen MR) is 144 cm³/mol. The third-order valence-corrected chi connectivity index (χ3v) is 8.38. The van der Waals surface area contributed by atoms with Crippen molar-refractivity contribution in [3.8, 4) is 5.75 Å². The number of amides is 1. The summed E-state index contributed by atoms with van der Waals surface area (Å²) in [5, 5.41) is 0. The van der Waals surface area contributed by atoms with Crippen LogP contribution in [0.3, 0.4) is 0 Å². The number of benzene rings is 2. The van der Waals surface area contributed by atoms with E-state index in [2.05, 4.69) is 6.92 Å². The number of anilines is 1. The monoisotopic (exact) mass is 521 g/mol. The molecule has 2 aliphatic carbocycles. The lowest BCUT2D eigenvalue weighted by molar-refractivity contribution is -0.179. The van der Waals surface area contributed by atoms with Crippen LogP contribution >= 0.6 is 0 Å². The Morgan fingerprint density at radius 3 is 2.29 bits per heavy atom. The lowest BCUT2D eigenvalue weighted by Crippen LogP contribution is -2.49. The van der Waals surface area contributed by atoms with Crippen molar-refractivity contribution in [2.45, 2.75) is 76.7 Å². The van der Waals surface area contributed by atoms with Gasteiger partial charge in [0.25, 0.3) is 0 Å². The van der Waals surface area contributed by atoms with Crippen molar-refractivity contribution in [1.82, 2.24) is 0 Å². The Balaban J connectivity index is 1.44. The maximum Gasteiger partial charge on any atom is 0.340 e. The second kappa shape index (κ2) is 11.9. The lowest BCUT2D eigenvalue weighted by atomic mass is 9.81. The number of carbonyl (C=O) groups is 2. The average Bonchev–Trinajstić information content (AvgIpc) is 3.41. The summed E-state index contributed by atoms with van der Waals surface area (Å²) < 4.78 is 23.1. The Hall–Kier alpha value is -2.90. The number of ether oxygens (including phenoxy) is 4. The fourth-order valence-electron chi connectivity index (χ4n) is 6.11. The van der Waals surface area contributed by atoms with E-state index in [1.54, 1.807) is 6.07 Å². The van der Waals surface area contributed by atoms with Gasteiger partial charge in [0.1, 0.15) is 12.4 Å². The van der Waals surface area contributed by atoms with E-state index in [1.807, 2.05) is 47.4 Å². The Labute approximate surface area is 225 Å². The normalized spacial score (nSPS) is 23.2. The molecule has 38 heavy (non-hydrogen) atoms. The molecule has 0 atom stereocenters. The highest BCUT2D eigenvalue weighted by molar-refractivity contribution is 6.04. The van der Waals surface area contributed by atoms with Gasteiger partial charge in [-0.3, -0.25) is 4.79 Å². The minimum atomic E-state index is -0.522. The number of carbonyl (C=O) groups excluding carboxylic acids is 2. The van der Waals surface area contributed by atoms with E-state index < -0.39 is 11.8 Å². The molecule has 0 bridgehead atoms. The van der Waals surface area contributed by atoms with E-state index in [4.69, 9.17) is 18.9 Å². The molecule has 2 aromatic rings. The molecule has 1 saturated heterocycles. The van der Waals surface area contributed by atoms with E-state index in [0.717, 1.165) is 56.9 Å². The Morgan fingerprint density at radius 1 is 0.947 bits per heavy atom. The quantitative estimate of drug-likeness (QED) is 0.423. The van der Waals surface area contributed by atoms with Crippen molar-refractivity contribution < 1.29 is 28.5 Å². The third-order valence-electron chi connectivity index (χ3n) is 8.38. The highest BCUT2D eigenvalue weighted by atomic mass is 16.7. The standard InChI is InChI=1S/C31H39NO6/c1-22-8-10-24(11-9-22)29(33)32(25-14-16-31(17-15-25)37-18-19-38-31)28-13-12-26(20-27(28)30(34)35-2)36-21-23-6-4-3-5-7-23/h3-7,12-13,20,22,24-25H,8-11,14-19,21H2,1-2H3/t22-,24-. The van der Waals surface area contributed by atoms with Gasteiger partial charge in [-0.15, -0.1) is 0 Å². The number of rotatable bonds is 7. The second-order valence-corrected chi connectivity index (χ2v) is 10.9. The van der Waals surface area contributed by atoms with Crippen LogP contribution in [0.1, 0.15) is 74.2 Å². The van der Waals surface area contributed by atoms with Gasteiger partial charge in [-0.1, -0.05) is 37.3 Å². The van der Waals surface area contributed by atoms with Crippen molar-refractivity contribution in [3.63, 3.8) is 0 Å². The van der Waals surface area contributed by atoms with Crippen molar-refractivity contribution in [1.29, 1.82) is 0 Å². The van der Waals surface area contributed by atoms with Gasteiger partial charge < -0.3 is 23.8 Å². The highest BCUT2D eigenvalue weighted by Crippen LogP contribution is 2.41. The average molecular weight is 522 g/mol. The molecule has 204 valence electrons. The molecule has 1 aliphatic heterocycles. The van der Waals surface area contributed by atoms with E-state index in [1.165, 1.54) is 7.11 Å². The molecule has 3 aliphatic rings. The third kappa shape index (κ3) is 5.89. The molecule has 2 saturated carbocycles. The molecule has 3 fully saturated rings. The Bertz CT molecular complexity index is 1090. The van der Waals surface area contributed by atoms with Crippen molar-refractivity contribution in [2.75, 3.05) is 25.2 Å². The topological polar surface area (TPSA) is 74.3 Å². The Morgan fingerprint density at radius 2 is 1.63 bits per heavy atom. The van der Waals surface area contributed by atoms with Gasteiger partial charge in [-0.2, -0.15) is 0 Å². The first kappa shape index (κ1) is 26.7. The fraction of sp³-hybridized carbons (Fsp3) is 0.548. The molecule has 0 N–H and O–H groups in total. The smallest absolute Gasteiger partial charge is 0.340 e. The van der Waals surface area contributed by atoms with Crippen molar-refractivity contribution >= 4 is 17.6 Å². The SMILES string of the molecule is COC(=O)c1cc(OCc2ccccc2)ccc1N(C(=O)[C@H]1CC[C@H](C)CC1)C1CCC2(CC1)OCCO2. The summed E-state index contributed by atoms with van der Waals surface area (Å²) in [6.45, 7) is 3.87. The summed E-state index contributed by atoms with van der Waals surface area (Å²) in [5.41, 5.74) is 1.98. The van der Waals surface area contributed by atoms with Gasteiger partial charge >= 0.3 is 5.97 Å². The van der Waals surface area contributed by atoms with Gasteiger partial charge in [0.15, 0.2) is 5.79 Å². The number of hydrogen-bond donors (Lipinski definition) is 0. The molecule has 7 heteroatoms. The first-order valence-electron chi connectivity index (χ1n) is 14.0. The fourth-order valence-corrected chi connectivity index (χ4v) is 6.11. The number of esters is 1. The van der Waals surface area contributed by atoms with Crippen LogP contribution in [0.25, 0.3) is 0 Å². The molecule has 5 rings (SSSR count). The number of hydrogen-bond acceptors (Lipinski definition) is 6. The maximum atomic E-state index is 14.2. The molecule has 0 radical (unpaired) electrons. The molecule has 7 nitrogen and oxygen atoms in total. The summed E-state index contributed by atoms with van der Waals surface area (Å²) in [4.78, 5) is 29.1. The molecule has 0 aromatic heterocycles. The van der Waals surface area contributed by atoms with Crippen LogP contribution in [0.2, 0.25) is 0 Å². The summed E-state index contributed by atoms with van der Waals surface area (Å²) >= 11 is 0. The van der Waals surface area contributed by atoms with Crippen LogP contribution in [0, 0.1) is 11.8 Å². The van der Waals surface area contributed by atoms with Gasteiger partial charge in [0.05, 0.1) is 31.6 Å². The molecule has 1 heterocycles. The van der Waals surface area contributed by atoms with Gasteiger partial charge in [0.2, 0.25) is 5.91 Å². The van der Waals surface area contributed by atoms with E-state index in [0.29, 0.717) is 42.7 Å². The zero-order chi connectivity index (χ0) is 26.5. The lowest BCUT2D eigenvalue weighted by Gasteiger charge is -2.42. The second-order valence-electron chi connectivity index (χ2n) is 10.9. The minimum absolute atomic E-state index is 0.0411. The number of methoxy groups -OCH3 is 1. The highest BCUT2D eigenvalue weighted by Gasteiger charge is 2.44. The van der Waals surface area contributed by atoms with E-state index in [9.17, 15) is 9.59 Å². The predicted octanol–water partition coefficient (Wildman–Crippen LogP) is 5.90. The number of nitrogens with zero attached hydrogens (tertiary/aromatic N) is 1. The van der Waals surface area contributed by atoms with Gasteiger partial charge in [-0.05, 0) is 68.2 Å². The van der Waals surface area contributed by atoms with Crippen LogP contribution in [-0.2, 0) is 25.6 Å². The van der Waals surface area contributed by atoms with E-state index >= 15 is 0 Å². The Kier molecular flexibility index (Phi) is 8.34. The molecule has 0 unspecified atom stereocenters. The van der Waals surface area contributed by atoms with Crippen LogP contribution in [0.15, 0.2) is 48.5 Å². The van der Waals surface area contributed by atoms with Crippen LogP contribution in [-0.4, -0.2) is 44.0 Å². The summed E-state index contributed by atoms with van der Waals surface area (Å²) in [5.74, 6) is 0.272. The summed E-state index contributed by atoms with van der Waals surface area (Å²) in [6, 6.07) is 15.2. The minimum Gasteiger partial charge on any atom is -0.489 e. The van der Waals surface area contributed by atoms with Crippen LogP contribution in [0.5, 0.6) is 5.75 Å². The summed E-state index contributed by atoms with van der Waals surface area (Å²) in [6.07, 6.45) is 6.83. The molecule has 1 spiro atoms. The van der Waals surface area contributed by atoms with Crippen LogP contribution < -0.4 is 9.64 Å². The van der Waals surface area contributed by atoms with Crippen molar-refractivity contribution in [3.05, 3.63) is 59.7 Å². The molecular weight excluding hydrogens is 482 g/mol. The molecule has 2 aromatic carbocycles. The zero-order valence-corrected chi connectivity index (χ0v) is 22.5. The maximum absolute atomic E-state index is 14.2. The zero-order valence-electron chi connectivity index (χ0n) is 22.5. The molecule has 1 amide bonds. The van der Waals surface area contributed by atoms with Crippen molar-refractivity contribution in [2.24, 2.45) is 11.8 Å². The van der Waals surface area contributed by atoms with Gasteiger partial charge in [0, 0.05) is 24.8 Å². The largest absolute Gasteiger partial charge is 0.489 e. The van der Waals surface area contributed by atoms with E-state index in [-0.39, 0.29) is 17.9 Å². The van der Waals surface area contributed by atoms with Crippen LogP contribution in [0.4, 0.5) is 5.69 Å². The summed E-state index contributed by atoms with van der Waals surface area (Å²) in [7, 11) is 1.37. The molecular formula is C31H39NO6. The van der Waals surface area contributed by atoms with Gasteiger partial charge in [-0.25, -0.2) is 4.79 Å². The first-order chi connectivity index (χ1) is 18.5. The first-order valence-corrected chi connectivity index (χ1v) is 14.0.